The molecule has 0 aromatic rings. The third-order valence-electron chi connectivity index (χ3n) is 2.19. The summed E-state index contributed by atoms with van der Waals surface area (Å²) in [5.74, 6) is 0.552. The van der Waals surface area contributed by atoms with Gasteiger partial charge in [-0.3, -0.25) is 0 Å². The van der Waals surface area contributed by atoms with Crippen molar-refractivity contribution >= 4 is 6.21 Å². The van der Waals surface area contributed by atoms with Crippen LogP contribution in [-0.4, -0.2) is 37.6 Å². The zero-order valence-electron chi connectivity index (χ0n) is 9.29. The molecule has 4 nitrogen and oxygen atoms in total. The van der Waals surface area contributed by atoms with Crippen LogP contribution < -0.4 is 5.32 Å². The average Bonchev–Trinajstić information content (AvgIpc) is 2.65. The van der Waals surface area contributed by atoms with Crippen LogP contribution in [0.2, 0.25) is 0 Å². The average molecular weight is 210 g/mol. The number of rotatable bonds is 5. The number of hydrogen-bond donors (Lipinski definition) is 2. The van der Waals surface area contributed by atoms with Gasteiger partial charge in [-0.05, 0) is 25.5 Å². The molecule has 1 heterocycles. The standard InChI is InChI=1S/C11H18N2O2/c1-3-11(15-5-4-14)13-8-10-7-12-6-9(10)2/h3,8,12,14H,4-7H2,1-2H3/b11-3?,13-8-. The lowest BCUT2D eigenvalue weighted by Crippen LogP contribution is -2.08. The molecule has 84 valence electrons. The summed E-state index contributed by atoms with van der Waals surface area (Å²) in [6.45, 7) is 6.04. The fourth-order valence-corrected chi connectivity index (χ4v) is 1.29. The van der Waals surface area contributed by atoms with E-state index in [1.165, 1.54) is 11.1 Å². The molecule has 0 unspecified atom stereocenters. The molecule has 15 heavy (non-hydrogen) atoms. The van der Waals surface area contributed by atoms with Gasteiger partial charge in [0.2, 0.25) is 5.88 Å². The van der Waals surface area contributed by atoms with Crippen molar-refractivity contribution in [2.75, 3.05) is 26.3 Å². The Kier molecular flexibility index (Phi) is 5.07. The van der Waals surface area contributed by atoms with Crippen molar-refractivity contribution in [3.63, 3.8) is 0 Å². The zero-order chi connectivity index (χ0) is 11.1. The lowest BCUT2D eigenvalue weighted by Gasteiger charge is -2.03. The van der Waals surface area contributed by atoms with Crippen molar-refractivity contribution in [3.05, 3.63) is 23.1 Å². The summed E-state index contributed by atoms with van der Waals surface area (Å²) in [7, 11) is 0. The normalized spacial score (nSPS) is 17.9. The van der Waals surface area contributed by atoms with Gasteiger partial charge in [0.1, 0.15) is 6.61 Å². The molecule has 0 fully saturated rings. The summed E-state index contributed by atoms with van der Waals surface area (Å²) < 4.78 is 5.21. The number of aliphatic hydroxyl groups excluding tert-OH is 1. The maximum absolute atomic E-state index is 8.61. The second-order valence-corrected chi connectivity index (χ2v) is 3.37. The quantitative estimate of drug-likeness (QED) is 0.522. The lowest BCUT2D eigenvalue weighted by atomic mass is 10.2. The molecule has 0 saturated heterocycles. The molecule has 0 aromatic carbocycles. The maximum atomic E-state index is 8.61. The molecule has 4 heteroatoms. The van der Waals surface area contributed by atoms with E-state index in [-0.39, 0.29) is 13.2 Å². The minimum atomic E-state index is 0.0101. The molecule has 1 aliphatic heterocycles. The predicted molar refractivity (Wildman–Crippen MR) is 60.9 cm³/mol. The van der Waals surface area contributed by atoms with Crippen LogP contribution in [-0.2, 0) is 4.74 Å². The van der Waals surface area contributed by atoms with E-state index in [0.29, 0.717) is 5.88 Å². The summed E-state index contributed by atoms with van der Waals surface area (Å²) in [4.78, 5) is 4.22. The molecule has 1 rings (SSSR count). The second-order valence-electron chi connectivity index (χ2n) is 3.37. The number of ether oxygens (including phenoxy) is 1. The van der Waals surface area contributed by atoms with Crippen molar-refractivity contribution in [1.29, 1.82) is 0 Å². The van der Waals surface area contributed by atoms with Crippen LogP contribution in [0.15, 0.2) is 28.1 Å². The molecular formula is C11H18N2O2. The zero-order valence-corrected chi connectivity index (χ0v) is 9.29. The Morgan fingerprint density at radius 3 is 2.93 bits per heavy atom. The second kappa shape index (κ2) is 6.37. The van der Waals surface area contributed by atoms with Crippen LogP contribution in [0.25, 0.3) is 0 Å². The van der Waals surface area contributed by atoms with Gasteiger partial charge in [-0.25, -0.2) is 4.99 Å². The largest absolute Gasteiger partial charge is 0.475 e. The third kappa shape index (κ3) is 3.85. The van der Waals surface area contributed by atoms with Gasteiger partial charge in [-0.15, -0.1) is 0 Å². The van der Waals surface area contributed by atoms with E-state index in [9.17, 15) is 0 Å². The van der Waals surface area contributed by atoms with Crippen LogP contribution in [0.4, 0.5) is 0 Å². The number of aliphatic hydroxyl groups is 1. The van der Waals surface area contributed by atoms with Crippen molar-refractivity contribution in [2.45, 2.75) is 13.8 Å². The number of nitrogens with zero attached hydrogens (tertiary/aromatic N) is 1. The van der Waals surface area contributed by atoms with E-state index in [1.807, 2.05) is 13.1 Å². The fourth-order valence-electron chi connectivity index (χ4n) is 1.29. The summed E-state index contributed by atoms with van der Waals surface area (Å²) in [6.07, 6.45) is 3.60. The first-order valence-electron chi connectivity index (χ1n) is 5.11. The van der Waals surface area contributed by atoms with Crippen molar-refractivity contribution < 1.29 is 9.84 Å². The highest BCUT2D eigenvalue weighted by Gasteiger charge is 2.07. The predicted octanol–water partition coefficient (Wildman–Crippen LogP) is 0.847. The highest BCUT2D eigenvalue weighted by molar-refractivity contribution is 5.81. The first kappa shape index (κ1) is 11.9. The van der Waals surface area contributed by atoms with Crippen LogP contribution in [0.1, 0.15) is 13.8 Å². The smallest absolute Gasteiger partial charge is 0.208 e. The third-order valence-corrected chi connectivity index (χ3v) is 2.19. The maximum Gasteiger partial charge on any atom is 0.208 e. The monoisotopic (exact) mass is 210 g/mol. The van der Waals surface area contributed by atoms with Crippen molar-refractivity contribution in [3.8, 4) is 0 Å². The first-order valence-corrected chi connectivity index (χ1v) is 5.11. The van der Waals surface area contributed by atoms with Gasteiger partial charge in [0, 0.05) is 19.3 Å². The molecule has 0 aromatic heterocycles. The van der Waals surface area contributed by atoms with Crippen LogP contribution >= 0.6 is 0 Å². The Bertz CT molecular complexity index is 293. The number of aliphatic imine (C=N–C) groups is 1. The van der Waals surface area contributed by atoms with Gasteiger partial charge < -0.3 is 15.2 Å². The van der Waals surface area contributed by atoms with E-state index in [2.05, 4.69) is 17.2 Å². The Hall–Kier alpha value is -1.13. The van der Waals surface area contributed by atoms with Crippen LogP contribution in [0.5, 0.6) is 0 Å². The number of allylic oxidation sites excluding steroid dienone is 1. The van der Waals surface area contributed by atoms with Crippen molar-refractivity contribution in [2.24, 2.45) is 4.99 Å². The molecule has 0 aliphatic carbocycles. The van der Waals surface area contributed by atoms with Gasteiger partial charge in [0.15, 0.2) is 0 Å². The SMILES string of the molecule is CC=C(/N=C\C1=C(C)CNC1)OCCO. The Morgan fingerprint density at radius 2 is 2.40 bits per heavy atom. The van der Waals surface area contributed by atoms with E-state index >= 15 is 0 Å². The van der Waals surface area contributed by atoms with E-state index in [1.54, 1.807) is 6.08 Å². The van der Waals surface area contributed by atoms with Gasteiger partial charge in [-0.1, -0.05) is 5.57 Å². The first-order chi connectivity index (χ1) is 7.27. The fraction of sp³-hybridized carbons (Fsp3) is 0.545. The van der Waals surface area contributed by atoms with Gasteiger partial charge in [-0.2, -0.15) is 0 Å². The van der Waals surface area contributed by atoms with Crippen LogP contribution in [0, 0.1) is 0 Å². The molecule has 0 amide bonds. The van der Waals surface area contributed by atoms with Gasteiger partial charge >= 0.3 is 0 Å². The van der Waals surface area contributed by atoms with Crippen LogP contribution in [0.3, 0.4) is 0 Å². The minimum Gasteiger partial charge on any atom is -0.475 e. The summed E-state index contributed by atoms with van der Waals surface area (Å²) in [6, 6.07) is 0. The highest BCUT2D eigenvalue weighted by atomic mass is 16.5. The number of hydrogen-bond acceptors (Lipinski definition) is 4. The molecule has 0 atom stereocenters. The molecule has 0 saturated carbocycles. The highest BCUT2D eigenvalue weighted by Crippen LogP contribution is 2.07. The Morgan fingerprint density at radius 1 is 1.60 bits per heavy atom. The lowest BCUT2D eigenvalue weighted by molar-refractivity contribution is 0.144. The molecule has 0 radical (unpaired) electrons. The van der Waals surface area contributed by atoms with E-state index < -0.39 is 0 Å². The molecule has 2 N–H and O–H groups in total. The Balaban J connectivity index is 2.51. The van der Waals surface area contributed by atoms with Crippen molar-refractivity contribution in [1.82, 2.24) is 5.32 Å². The Labute approximate surface area is 90.4 Å². The molecular weight excluding hydrogens is 192 g/mol. The number of nitrogens with one attached hydrogen (secondary N) is 1. The topological polar surface area (TPSA) is 53.9 Å². The van der Waals surface area contributed by atoms with Gasteiger partial charge in [0.25, 0.3) is 0 Å². The van der Waals surface area contributed by atoms with Gasteiger partial charge in [0.05, 0.1) is 6.61 Å². The van der Waals surface area contributed by atoms with E-state index in [0.717, 1.165) is 13.1 Å². The molecule has 0 bridgehead atoms. The van der Waals surface area contributed by atoms with E-state index in [4.69, 9.17) is 9.84 Å². The summed E-state index contributed by atoms with van der Waals surface area (Å²) >= 11 is 0. The summed E-state index contributed by atoms with van der Waals surface area (Å²) in [5.41, 5.74) is 2.53. The molecule has 1 aliphatic rings. The molecule has 0 spiro atoms. The summed E-state index contributed by atoms with van der Waals surface area (Å²) in [5, 5.41) is 11.9. The minimum absolute atomic E-state index is 0.0101.